The number of nitrogens with zero attached hydrogens (tertiary/aromatic N) is 1. The van der Waals surface area contributed by atoms with E-state index in [0.29, 0.717) is 6.61 Å². The van der Waals surface area contributed by atoms with E-state index in [1.807, 2.05) is 5.32 Å². The molecule has 0 bridgehead atoms. The molecule has 2 unspecified atom stereocenters. The summed E-state index contributed by atoms with van der Waals surface area (Å²) in [5.41, 5.74) is 4.27. The minimum atomic E-state index is -3.17. The number of hydrogen-bond acceptors (Lipinski definition) is 7. The van der Waals surface area contributed by atoms with Crippen molar-refractivity contribution in [2.75, 3.05) is 19.9 Å². The Labute approximate surface area is 138 Å². The van der Waals surface area contributed by atoms with Crippen LogP contribution in [-0.4, -0.2) is 40.8 Å². The highest BCUT2D eigenvalue weighted by molar-refractivity contribution is 7.54. The lowest BCUT2D eigenvalue weighted by atomic mass is 10.7. The lowest BCUT2D eigenvalue weighted by Gasteiger charge is -2.00. The van der Waals surface area contributed by atoms with Crippen LogP contribution in [0.5, 0.6) is 0 Å². The molecular weight excluding hydrogens is 366 g/mol. The first-order valence-electron chi connectivity index (χ1n) is 6.04. The van der Waals surface area contributed by atoms with Crippen molar-refractivity contribution in [2.45, 2.75) is 13.8 Å². The van der Waals surface area contributed by atoms with Crippen molar-refractivity contribution in [2.24, 2.45) is 5.50 Å². The average molecular weight is 388 g/mol. The number of amides is 1. The van der Waals surface area contributed by atoms with E-state index < -0.39 is 15.1 Å². The lowest BCUT2D eigenvalue weighted by Crippen LogP contribution is -2.11. The van der Waals surface area contributed by atoms with Crippen molar-refractivity contribution in [3.05, 3.63) is 22.7 Å². The van der Waals surface area contributed by atoms with Crippen LogP contribution in [0.25, 0.3) is 0 Å². The second-order valence-corrected chi connectivity index (χ2v) is 7.59. The Morgan fingerprint density at radius 2 is 1.96 bits per heavy atom. The number of rotatable bonds is 2. The summed E-state index contributed by atoms with van der Waals surface area (Å²) in [6, 6.07) is 1.31. The molecule has 0 radical (unpaired) electrons. The zero-order valence-corrected chi connectivity index (χ0v) is 15.4. The third-order valence-electron chi connectivity index (χ3n) is 1.05. The maximum Gasteiger partial charge on any atom is 0.325 e. The summed E-state index contributed by atoms with van der Waals surface area (Å²) >= 11 is 0. The Morgan fingerprint density at radius 3 is 2.00 bits per heavy atom. The summed E-state index contributed by atoms with van der Waals surface area (Å²) in [5.74, 6) is -0.322. The zero-order chi connectivity index (χ0) is 19.8. The Hall–Kier alpha value is -1.73. The maximum atomic E-state index is 10.1. The molecule has 0 aliphatic rings. The van der Waals surface area contributed by atoms with Gasteiger partial charge in [0.25, 0.3) is 13.1 Å². The number of hydrogen-bond donors (Lipinski definition) is 5. The number of aromatic amines is 1. The summed E-state index contributed by atoms with van der Waals surface area (Å²) in [6.07, 6.45) is 2.76. The van der Waals surface area contributed by atoms with Gasteiger partial charge in [-0.05, 0) is 6.92 Å². The first-order chi connectivity index (χ1) is 10.7. The van der Waals surface area contributed by atoms with Gasteiger partial charge in [-0.1, -0.05) is 0 Å². The predicted molar refractivity (Wildman–Crippen MR) is 86.1 cm³/mol. The average Bonchev–Trinajstić information content (AvgIpc) is 2.77. The topological polar surface area (TPSA) is 209 Å². The van der Waals surface area contributed by atoms with Crippen molar-refractivity contribution in [3.63, 3.8) is 0 Å². The number of aromatic nitrogens is 1. The van der Waals surface area contributed by atoms with Gasteiger partial charge in [0.05, 0.1) is 6.61 Å². The Morgan fingerprint density at radius 1 is 1.50 bits per heavy atom. The first kappa shape index (κ1) is 27.1. The van der Waals surface area contributed by atoms with Crippen molar-refractivity contribution >= 4 is 21.0 Å². The SMILES string of the molecule is CC(=O)NC#N.CCOP(C)(=O)O.CP(N)(=O)O.O=c1cco[nH]1. The van der Waals surface area contributed by atoms with Crippen molar-refractivity contribution in [1.29, 1.82) is 5.26 Å². The fourth-order valence-corrected chi connectivity index (χ4v) is 1.02. The molecule has 0 saturated carbocycles. The van der Waals surface area contributed by atoms with Crippen LogP contribution in [0.4, 0.5) is 0 Å². The Balaban J connectivity index is -0.000000247. The van der Waals surface area contributed by atoms with Crippen molar-refractivity contribution in [1.82, 2.24) is 10.5 Å². The quantitative estimate of drug-likeness (QED) is 0.263. The fourth-order valence-electron chi connectivity index (χ4n) is 0.540. The molecule has 0 aromatic carbocycles. The van der Waals surface area contributed by atoms with Gasteiger partial charge in [0.15, 0.2) is 6.19 Å². The molecule has 1 aromatic rings. The first-order valence-corrected chi connectivity index (χ1v) is 10.2. The molecule has 14 heteroatoms. The van der Waals surface area contributed by atoms with Gasteiger partial charge in [0, 0.05) is 26.3 Å². The fraction of sp³-hybridized carbons (Fsp3) is 0.500. The van der Waals surface area contributed by atoms with Gasteiger partial charge in [-0.25, -0.2) is 0 Å². The second kappa shape index (κ2) is 14.8. The van der Waals surface area contributed by atoms with Gasteiger partial charge in [-0.3, -0.25) is 29.5 Å². The lowest BCUT2D eigenvalue weighted by molar-refractivity contribution is -0.117. The number of H-pyrrole nitrogens is 1. The van der Waals surface area contributed by atoms with Gasteiger partial charge < -0.3 is 18.8 Å². The monoisotopic (exact) mass is 388 g/mol. The van der Waals surface area contributed by atoms with Gasteiger partial charge in [-0.15, -0.1) is 0 Å². The van der Waals surface area contributed by atoms with Crippen LogP contribution in [0.3, 0.4) is 0 Å². The summed E-state index contributed by atoms with van der Waals surface area (Å²) in [5, 5.41) is 11.6. The molecule has 0 aliphatic carbocycles. The third-order valence-corrected chi connectivity index (χ3v) is 1.78. The van der Waals surface area contributed by atoms with E-state index in [4.69, 9.17) is 15.0 Å². The van der Waals surface area contributed by atoms with E-state index >= 15 is 0 Å². The highest BCUT2D eigenvalue weighted by Gasteiger charge is 2.05. The van der Waals surface area contributed by atoms with Crippen molar-refractivity contribution < 1.29 is 32.8 Å². The molecule has 24 heavy (non-hydrogen) atoms. The molecule has 140 valence electrons. The van der Waals surface area contributed by atoms with E-state index in [9.17, 15) is 18.7 Å². The van der Waals surface area contributed by atoms with Gasteiger partial charge in [-0.2, -0.15) is 10.4 Å². The molecule has 0 saturated heterocycles. The normalized spacial score (nSPS) is 13.6. The highest BCUT2D eigenvalue weighted by Crippen LogP contribution is 2.35. The predicted octanol–water partition coefficient (Wildman–Crippen LogP) is 0.170. The second-order valence-electron chi connectivity index (χ2n) is 3.84. The summed E-state index contributed by atoms with van der Waals surface area (Å²) < 4.78 is 28.3. The molecule has 6 N–H and O–H groups in total. The van der Waals surface area contributed by atoms with Crippen LogP contribution in [-0.2, 0) is 18.4 Å². The van der Waals surface area contributed by atoms with Gasteiger partial charge in [0.1, 0.15) is 6.26 Å². The van der Waals surface area contributed by atoms with Crippen LogP contribution in [0.2, 0.25) is 0 Å². The summed E-state index contributed by atoms with van der Waals surface area (Å²) in [4.78, 5) is 35.8. The number of nitriles is 1. The van der Waals surface area contributed by atoms with Crippen molar-refractivity contribution in [3.8, 4) is 6.19 Å². The highest BCUT2D eigenvalue weighted by atomic mass is 31.2. The minimum absolute atomic E-state index is 0.199. The number of nitrogens with two attached hydrogens (primary N) is 1. The van der Waals surface area contributed by atoms with Crippen LogP contribution >= 0.6 is 15.1 Å². The van der Waals surface area contributed by atoms with Crippen LogP contribution < -0.4 is 16.4 Å². The Bertz CT molecular complexity index is 598. The van der Waals surface area contributed by atoms with Crippen LogP contribution in [0.15, 0.2) is 21.6 Å². The number of carbonyl (C=O) groups is 1. The molecular formula is C10H22N4O8P2. The van der Waals surface area contributed by atoms with Gasteiger partial charge in [0.2, 0.25) is 5.91 Å². The van der Waals surface area contributed by atoms with E-state index in [1.165, 1.54) is 25.4 Å². The van der Waals surface area contributed by atoms with E-state index in [-0.39, 0.29) is 11.5 Å². The maximum absolute atomic E-state index is 10.1. The standard InChI is InChI=1S/C3H4N2O.C3H3NO2.C3H9O3P.CH6NO2P/c1-3(6)5-2-4;5-3-1-2-6-4-3;1-3-6-7(2,4)5;1-5(2,3)4/h1H3,(H,5,6);1-2H,(H,4,5);3H2,1-2H3,(H,4,5);1H3,(H3,2,3,4). The molecule has 1 heterocycles. The minimum Gasteiger partial charge on any atom is -0.387 e. The molecule has 1 amide bonds. The van der Waals surface area contributed by atoms with Gasteiger partial charge >= 0.3 is 7.60 Å². The largest absolute Gasteiger partial charge is 0.387 e. The van der Waals surface area contributed by atoms with E-state index in [2.05, 4.69) is 19.7 Å². The number of carbonyl (C=O) groups excluding carboxylic acids is 1. The van der Waals surface area contributed by atoms with E-state index in [1.54, 1.807) is 6.92 Å². The summed E-state index contributed by atoms with van der Waals surface area (Å²) in [7, 11) is -6.30. The molecule has 0 fully saturated rings. The van der Waals surface area contributed by atoms with Crippen LogP contribution in [0.1, 0.15) is 13.8 Å². The third kappa shape index (κ3) is 50.0. The zero-order valence-electron chi connectivity index (χ0n) is 13.6. The van der Waals surface area contributed by atoms with Crippen LogP contribution in [0, 0.1) is 11.5 Å². The van der Waals surface area contributed by atoms with E-state index in [0.717, 1.165) is 13.3 Å². The molecule has 2 atom stereocenters. The molecule has 0 aliphatic heterocycles. The molecule has 1 aromatic heterocycles. The smallest absolute Gasteiger partial charge is 0.325 e. The number of nitrogens with one attached hydrogen (secondary N) is 2. The molecule has 12 nitrogen and oxygen atoms in total. The molecule has 0 spiro atoms. The summed E-state index contributed by atoms with van der Waals surface area (Å²) in [6.45, 7) is 5.49. The molecule has 1 rings (SSSR count). The Kier molecular flexibility index (Phi) is 16.8.